The van der Waals surface area contributed by atoms with Gasteiger partial charge < -0.3 is 5.73 Å². The first-order valence-corrected chi connectivity index (χ1v) is 4.47. The van der Waals surface area contributed by atoms with Gasteiger partial charge >= 0.3 is 0 Å². The zero-order valence-electron chi connectivity index (χ0n) is 7.05. The molecule has 0 aliphatic heterocycles. The highest BCUT2D eigenvalue weighted by Gasteiger charge is 2.26. The van der Waals surface area contributed by atoms with Crippen LogP contribution in [-0.2, 0) is 4.79 Å². The Balaban J connectivity index is 2.35. The molecule has 0 aromatic carbocycles. The number of nitrogens with two attached hydrogens (primary N) is 1. The molecule has 12 heavy (non-hydrogen) atoms. The fourth-order valence-corrected chi connectivity index (χ4v) is 1.90. The van der Waals surface area contributed by atoms with Crippen LogP contribution in [0.5, 0.6) is 0 Å². The monoisotopic (exact) mass is 163 g/mol. The molecule has 64 valence electrons. The zero-order valence-corrected chi connectivity index (χ0v) is 7.05. The lowest BCUT2D eigenvalue weighted by Crippen LogP contribution is -2.35. The first-order chi connectivity index (χ1) is 5.79. The van der Waals surface area contributed by atoms with Gasteiger partial charge in [0, 0.05) is 5.57 Å². The van der Waals surface area contributed by atoms with E-state index in [2.05, 4.69) is 12.2 Å². The van der Waals surface area contributed by atoms with Crippen LogP contribution < -0.4 is 5.73 Å². The summed E-state index contributed by atoms with van der Waals surface area (Å²) in [5.74, 6) is 0.181. The summed E-state index contributed by atoms with van der Waals surface area (Å²) in [7, 11) is 0. The van der Waals surface area contributed by atoms with Crippen molar-refractivity contribution in [3.8, 4) is 0 Å². The van der Waals surface area contributed by atoms with Gasteiger partial charge in [-0.05, 0) is 31.3 Å². The summed E-state index contributed by atoms with van der Waals surface area (Å²) >= 11 is 0. The molecule has 0 aromatic heterocycles. The highest BCUT2D eigenvalue weighted by molar-refractivity contribution is 6.01. The van der Waals surface area contributed by atoms with Crippen molar-refractivity contribution in [3.63, 3.8) is 0 Å². The molecule has 0 saturated heterocycles. The van der Waals surface area contributed by atoms with Gasteiger partial charge in [-0.2, -0.15) is 0 Å². The van der Waals surface area contributed by atoms with E-state index in [0.717, 1.165) is 31.3 Å². The Bertz CT molecular complexity index is 276. The van der Waals surface area contributed by atoms with Gasteiger partial charge in [0.25, 0.3) is 0 Å². The van der Waals surface area contributed by atoms with E-state index in [-0.39, 0.29) is 11.8 Å². The summed E-state index contributed by atoms with van der Waals surface area (Å²) in [5, 5.41) is 0. The molecule has 0 amide bonds. The van der Waals surface area contributed by atoms with Gasteiger partial charge in [-0.25, -0.2) is 0 Å². The molecule has 2 heteroatoms. The van der Waals surface area contributed by atoms with Crippen LogP contribution in [0.3, 0.4) is 0 Å². The van der Waals surface area contributed by atoms with Crippen molar-refractivity contribution in [2.75, 3.05) is 0 Å². The number of carbonyl (C=O) groups excluding carboxylic acids is 1. The number of hydrogen-bond donors (Lipinski definition) is 1. The van der Waals surface area contributed by atoms with Gasteiger partial charge in [0.2, 0.25) is 0 Å². The van der Waals surface area contributed by atoms with Gasteiger partial charge in [0.15, 0.2) is 5.78 Å². The van der Waals surface area contributed by atoms with E-state index in [0.29, 0.717) is 0 Å². The number of allylic oxidation sites excluding steroid dienone is 3. The number of rotatable bonds is 0. The maximum atomic E-state index is 11.5. The van der Waals surface area contributed by atoms with E-state index in [9.17, 15) is 4.79 Å². The van der Waals surface area contributed by atoms with Crippen LogP contribution in [0, 0.1) is 0 Å². The van der Waals surface area contributed by atoms with Gasteiger partial charge in [0.1, 0.15) is 0 Å². The maximum Gasteiger partial charge on any atom is 0.175 e. The Morgan fingerprint density at radius 1 is 1.42 bits per heavy atom. The SMILES string of the molecule is NC1CCC2=C(CCC=C2)C1=O. The molecule has 2 aliphatic carbocycles. The van der Waals surface area contributed by atoms with Crippen molar-refractivity contribution >= 4 is 5.78 Å². The average molecular weight is 163 g/mol. The molecule has 0 spiro atoms. The summed E-state index contributed by atoms with van der Waals surface area (Å²) in [6.45, 7) is 0. The van der Waals surface area contributed by atoms with E-state index in [1.54, 1.807) is 0 Å². The summed E-state index contributed by atoms with van der Waals surface area (Å²) in [4.78, 5) is 11.5. The van der Waals surface area contributed by atoms with Crippen LogP contribution >= 0.6 is 0 Å². The fourth-order valence-electron chi connectivity index (χ4n) is 1.90. The topological polar surface area (TPSA) is 43.1 Å². The standard InChI is InChI=1S/C10H13NO/c11-9-6-5-7-3-1-2-4-8(7)10(9)12/h1,3,9H,2,4-6,11H2. The fraction of sp³-hybridized carbons (Fsp3) is 0.500. The average Bonchev–Trinajstić information content (AvgIpc) is 2.12. The zero-order chi connectivity index (χ0) is 8.55. The van der Waals surface area contributed by atoms with Crippen LogP contribution in [0.2, 0.25) is 0 Å². The molecule has 1 atom stereocenters. The highest BCUT2D eigenvalue weighted by atomic mass is 16.1. The van der Waals surface area contributed by atoms with Gasteiger partial charge in [-0.3, -0.25) is 4.79 Å². The smallest absolute Gasteiger partial charge is 0.175 e. The Morgan fingerprint density at radius 3 is 3.08 bits per heavy atom. The Kier molecular flexibility index (Phi) is 1.85. The number of Topliss-reactive ketones (excluding diaryl/α,β-unsaturated/α-hetero) is 1. The molecular formula is C10H13NO. The van der Waals surface area contributed by atoms with E-state index in [1.165, 1.54) is 5.57 Å². The van der Waals surface area contributed by atoms with E-state index in [4.69, 9.17) is 5.73 Å². The normalized spacial score (nSPS) is 29.1. The van der Waals surface area contributed by atoms with Crippen molar-refractivity contribution in [2.45, 2.75) is 31.7 Å². The van der Waals surface area contributed by atoms with Gasteiger partial charge in [0.05, 0.1) is 6.04 Å². The lowest BCUT2D eigenvalue weighted by atomic mass is 9.83. The Labute approximate surface area is 72.1 Å². The minimum Gasteiger partial charge on any atom is -0.321 e. The predicted molar refractivity (Wildman–Crippen MR) is 47.6 cm³/mol. The molecule has 1 unspecified atom stereocenters. The molecule has 2 aliphatic rings. The third kappa shape index (κ3) is 1.12. The minimum absolute atomic E-state index is 0.181. The molecule has 2 N–H and O–H groups in total. The second kappa shape index (κ2) is 2.87. The molecule has 2 rings (SSSR count). The van der Waals surface area contributed by atoms with Crippen LogP contribution in [0.1, 0.15) is 25.7 Å². The first-order valence-electron chi connectivity index (χ1n) is 4.47. The minimum atomic E-state index is -0.227. The van der Waals surface area contributed by atoms with Crippen molar-refractivity contribution in [3.05, 3.63) is 23.3 Å². The van der Waals surface area contributed by atoms with E-state index >= 15 is 0 Å². The molecule has 0 saturated carbocycles. The maximum absolute atomic E-state index is 11.5. The summed E-state index contributed by atoms with van der Waals surface area (Å²) < 4.78 is 0. The van der Waals surface area contributed by atoms with Gasteiger partial charge in [-0.15, -0.1) is 0 Å². The molecule has 0 radical (unpaired) electrons. The van der Waals surface area contributed by atoms with Crippen LogP contribution in [0.25, 0.3) is 0 Å². The van der Waals surface area contributed by atoms with Crippen molar-refractivity contribution in [1.29, 1.82) is 0 Å². The molecule has 2 nitrogen and oxygen atoms in total. The molecule has 0 bridgehead atoms. The van der Waals surface area contributed by atoms with Crippen molar-refractivity contribution in [2.24, 2.45) is 5.73 Å². The number of ketones is 1. The Morgan fingerprint density at radius 2 is 2.25 bits per heavy atom. The second-order valence-corrected chi connectivity index (χ2v) is 3.45. The van der Waals surface area contributed by atoms with Crippen LogP contribution in [0.4, 0.5) is 0 Å². The molecule has 0 heterocycles. The number of carbonyl (C=O) groups is 1. The third-order valence-electron chi connectivity index (χ3n) is 2.63. The van der Waals surface area contributed by atoms with E-state index < -0.39 is 0 Å². The highest BCUT2D eigenvalue weighted by Crippen LogP contribution is 2.28. The van der Waals surface area contributed by atoms with Crippen molar-refractivity contribution in [1.82, 2.24) is 0 Å². The van der Waals surface area contributed by atoms with Crippen molar-refractivity contribution < 1.29 is 4.79 Å². The van der Waals surface area contributed by atoms with Crippen LogP contribution in [0.15, 0.2) is 23.3 Å². The Hall–Kier alpha value is -0.890. The second-order valence-electron chi connectivity index (χ2n) is 3.45. The van der Waals surface area contributed by atoms with Crippen LogP contribution in [-0.4, -0.2) is 11.8 Å². The largest absolute Gasteiger partial charge is 0.321 e. The number of hydrogen-bond acceptors (Lipinski definition) is 2. The summed E-state index contributed by atoms with van der Waals surface area (Å²) in [5.41, 5.74) is 7.90. The van der Waals surface area contributed by atoms with E-state index in [1.807, 2.05) is 0 Å². The third-order valence-corrected chi connectivity index (χ3v) is 2.63. The predicted octanol–water partition coefficient (Wildman–Crippen LogP) is 1.32. The molecule has 0 fully saturated rings. The summed E-state index contributed by atoms with van der Waals surface area (Å²) in [6.07, 6.45) is 7.93. The first kappa shape index (κ1) is 7.74. The lowest BCUT2D eigenvalue weighted by Gasteiger charge is -2.23. The van der Waals surface area contributed by atoms with Gasteiger partial charge in [-0.1, -0.05) is 12.2 Å². The molecule has 0 aromatic rings. The summed E-state index contributed by atoms with van der Waals surface area (Å²) in [6, 6.07) is -0.227. The quantitative estimate of drug-likeness (QED) is 0.585. The lowest BCUT2D eigenvalue weighted by molar-refractivity contribution is -0.117. The molecular weight excluding hydrogens is 150 g/mol.